The summed E-state index contributed by atoms with van der Waals surface area (Å²) >= 11 is 0. The fraction of sp³-hybridized carbons (Fsp3) is 0.375. The second-order valence-corrected chi connectivity index (χ2v) is 5.73. The topological polar surface area (TPSA) is 108 Å². The highest BCUT2D eigenvalue weighted by atomic mass is 16.5. The lowest BCUT2D eigenvalue weighted by Crippen LogP contribution is -2.57. The zero-order valence-electron chi connectivity index (χ0n) is 12.9. The van der Waals surface area contributed by atoms with Crippen molar-refractivity contribution >= 4 is 29.2 Å². The highest BCUT2D eigenvalue weighted by Gasteiger charge is 2.44. The molecule has 1 atom stereocenters. The number of ether oxygens (including phenoxy) is 1. The van der Waals surface area contributed by atoms with Crippen molar-refractivity contribution in [3.8, 4) is 0 Å². The predicted molar refractivity (Wildman–Crippen MR) is 84.5 cm³/mol. The van der Waals surface area contributed by atoms with Crippen LogP contribution >= 0.6 is 0 Å². The largest absolute Gasteiger partial charge is 0.479 e. The molecular formula is C16H17N3O5. The Bertz CT molecular complexity index is 695. The number of rotatable bonds is 4. The molecule has 0 radical (unpaired) electrons. The number of benzene rings is 1. The molecular weight excluding hydrogens is 314 g/mol. The van der Waals surface area contributed by atoms with Gasteiger partial charge in [0, 0.05) is 25.9 Å². The minimum Gasteiger partial charge on any atom is -0.479 e. The molecule has 8 nitrogen and oxygen atoms in total. The first-order chi connectivity index (χ1) is 11.5. The van der Waals surface area contributed by atoms with E-state index in [1.54, 1.807) is 24.3 Å². The van der Waals surface area contributed by atoms with Crippen LogP contribution in [0.2, 0.25) is 0 Å². The van der Waals surface area contributed by atoms with Crippen LogP contribution in [-0.2, 0) is 19.1 Å². The van der Waals surface area contributed by atoms with Crippen LogP contribution in [-0.4, -0.2) is 47.4 Å². The highest BCUT2D eigenvalue weighted by molar-refractivity contribution is 6.40. The molecule has 2 N–H and O–H groups in total. The molecule has 1 saturated heterocycles. The maximum absolute atomic E-state index is 12.4. The summed E-state index contributed by atoms with van der Waals surface area (Å²) in [5, 5.41) is 17.2. The zero-order valence-corrected chi connectivity index (χ0v) is 12.9. The van der Waals surface area contributed by atoms with E-state index in [1.807, 2.05) is 6.07 Å². The van der Waals surface area contributed by atoms with Crippen LogP contribution in [0.3, 0.4) is 0 Å². The lowest BCUT2D eigenvalue weighted by atomic mass is 9.98. The SMILES string of the molecule is O=C(NC1(C(=O)O)CCOC1)C1=NN(c2ccccc2)C(=O)CC1. The number of nitrogens with one attached hydrogen (secondary N) is 1. The minimum atomic E-state index is -1.43. The fourth-order valence-electron chi connectivity index (χ4n) is 2.66. The number of aliphatic carboxylic acids is 1. The van der Waals surface area contributed by atoms with E-state index in [9.17, 15) is 19.5 Å². The number of carboxylic acid groups (broad SMARTS) is 1. The van der Waals surface area contributed by atoms with Gasteiger partial charge in [-0.15, -0.1) is 0 Å². The van der Waals surface area contributed by atoms with E-state index < -0.39 is 17.4 Å². The van der Waals surface area contributed by atoms with Crippen LogP contribution in [0, 0.1) is 0 Å². The number of amides is 2. The van der Waals surface area contributed by atoms with Crippen molar-refractivity contribution in [2.75, 3.05) is 18.2 Å². The lowest BCUT2D eigenvalue weighted by Gasteiger charge is -2.27. The molecule has 126 valence electrons. The first-order valence-corrected chi connectivity index (χ1v) is 7.61. The van der Waals surface area contributed by atoms with Gasteiger partial charge in [-0.2, -0.15) is 5.10 Å². The Morgan fingerprint density at radius 1 is 1.25 bits per heavy atom. The molecule has 24 heavy (non-hydrogen) atoms. The van der Waals surface area contributed by atoms with Crippen molar-refractivity contribution in [1.82, 2.24) is 5.32 Å². The summed E-state index contributed by atoms with van der Waals surface area (Å²) in [4.78, 5) is 36.0. The number of carbonyl (C=O) groups excluding carboxylic acids is 2. The van der Waals surface area contributed by atoms with Crippen molar-refractivity contribution < 1.29 is 24.2 Å². The second kappa shape index (κ2) is 6.40. The van der Waals surface area contributed by atoms with Crippen molar-refractivity contribution in [2.45, 2.75) is 24.8 Å². The van der Waals surface area contributed by atoms with Crippen LogP contribution in [0.4, 0.5) is 5.69 Å². The Kier molecular flexibility index (Phi) is 4.30. The van der Waals surface area contributed by atoms with Gasteiger partial charge in [-0.1, -0.05) is 18.2 Å². The van der Waals surface area contributed by atoms with Gasteiger partial charge in [-0.25, -0.2) is 9.80 Å². The molecule has 1 aromatic carbocycles. The van der Waals surface area contributed by atoms with Crippen molar-refractivity contribution in [3.63, 3.8) is 0 Å². The van der Waals surface area contributed by atoms with Crippen molar-refractivity contribution in [2.24, 2.45) is 5.10 Å². The van der Waals surface area contributed by atoms with Gasteiger partial charge in [0.25, 0.3) is 5.91 Å². The number of para-hydroxylation sites is 1. The van der Waals surface area contributed by atoms with Crippen LogP contribution in [0.25, 0.3) is 0 Å². The third kappa shape index (κ3) is 3.00. The van der Waals surface area contributed by atoms with E-state index in [0.29, 0.717) is 5.69 Å². The summed E-state index contributed by atoms with van der Waals surface area (Å²) in [6.45, 7) is 0.191. The normalized spacial score (nSPS) is 23.8. The molecule has 8 heteroatoms. The number of hydrazone groups is 1. The molecule has 2 amide bonds. The van der Waals surface area contributed by atoms with Crippen LogP contribution in [0.5, 0.6) is 0 Å². The van der Waals surface area contributed by atoms with Gasteiger partial charge in [-0.05, 0) is 12.1 Å². The maximum Gasteiger partial charge on any atom is 0.331 e. The van der Waals surface area contributed by atoms with E-state index in [2.05, 4.69) is 10.4 Å². The minimum absolute atomic E-state index is 0.0807. The van der Waals surface area contributed by atoms with Crippen LogP contribution in [0.15, 0.2) is 35.4 Å². The summed E-state index contributed by atoms with van der Waals surface area (Å²) in [6.07, 6.45) is 0.505. The van der Waals surface area contributed by atoms with Gasteiger partial charge in [0.15, 0.2) is 5.54 Å². The van der Waals surface area contributed by atoms with E-state index in [4.69, 9.17) is 4.74 Å². The molecule has 2 aliphatic heterocycles. The van der Waals surface area contributed by atoms with Crippen molar-refractivity contribution in [1.29, 1.82) is 0 Å². The predicted octanol–water partition coefficient (Wildman–Crippen LogP) is 0.529. The van der Waals surface area contributed by atoms with Gasteiger partial charge in [0.1, 0.15) is 5.71 Å². The smallest absolute Gasteiger partial charge is 0.331 e. The summed E-state index contributed by atoms with van der Waals surface area (Å²) in [5.41, 5.74) is -0.742. The molecule has 0 spiro atoms. The number of nitrogens with zero attached hydrogens (tertiary/aromatic N) is 2. The molecule has 2 heterocycles. The highest BCUT2D eigenvalue weighted by Crippen LogP contribution is 2.22. The first kappa shape index (κ1) is 16.1. The van der Waals surface area contributed by atoms with Gasteiger partial charge >= 0.3 is 5.97 Å². The maximum atomic E-state index is 12.4. The van der Waals surface area contributed by atoms with E-state index in [1.165, 1.54) is 5.01 Å². The molecule has 0 aromatic heterocycles. The van der Waals surface area contributed by atoms with E-state index in [0.717, 1.165) is 0 Å². The van der Waals surface area contributed by atoms with Gasteiger partial charge in [0.05, 0.1) is 12.3 Å². The Morgan fingerprint density at radius 2 is 2.00 bits per heavy atom. The average Bonchev–Trinajstić information content (AvgIpc) is 3.06. The van der Waals surface area contributed by atoms with Crippen molar-refractivity contribution in [3.05, 3.63) is 30.3 Å². The molecule has 3 rings (SSSR count). The summed E-state index contributed by atoms with van der Waals surface area (Å²) in [5.74, 6) is -1.94. The van der Waals surface area contributed by atoms with Gasteiger partial charge in [0.2, 0.25) is 5.91 Å². The number of hydrogen-bond donors (Lipinski definition) is 2. The molecule has 1 aromatic rings. The Morgan fingerprint density at radius 3 is 2.62 bits per heavy atom. The average molecular weight is 331 g/mol. The standard InChI is InChI=1S/C16H17N3O5/c20-13-7-6-12(18-19(13)11-4-2-1-3-5-11)14(21)17-16(15(22)23)8-9-24-10-16/h1-5H,6-10H2,(H,17,21)(H,22,23). The number of hydrogen-bond acceptors (Lipinski definition) is 5. The monoisotopic (exact) mass is 331 g/mol. The molecule has 1 unspecified atom stereocenters. The number of carbonyl (C=O) groups is 3. The summed E-state index contributed by atoms with van der Waals surface area (Å²) in [7, 11) is 0. The zero-order chi connectivity index (χ0) is 17.2. The fourth-order valence-corrected chi connectivity index (χ4v) is 2.66. The van der Waals surface area contributed by atoms with Gasteiger partial charge < -0.3 is 15.2 Å². The molecule has 2 aliphatic rings. The van der Waals surface area contributed by atoms with Gasteiger partial charge in [-0.3, -0.25) is 9.59 Å². The summed E-state index contributed by atoms with van der Waals surface area (Å²) < 4.78 is 5.12. The number of carboxylic acids is 1. The quantitative estimate of drug-likeness (QED) is 0.836. The molecule has 1 fully saturated rings. The first-order valence-electron chi connectivity index (χ1n) is 7.61. The van der Waals surface area contributed by atoms with E-state index >= 15 is 0 Å². The molecule has 0 bridgehead atoms. The third-order valence-electron chi connectivity index (χ3n) is 4.08. The second-order valence-electron chi connectivity index (χ2n) is 5.73. The third-order valence-corrected chi connectivity index (χ3v) is 4.08. The number of anilines is 1. The Labute approximate surface area is 138 Å². The Balaban J connectivity index is 1.82. The lowest BCUT2D eigenvalue weighted by molar-refractivity contribution is -0.146. The van der Waals surface area contributed by atoms with E-state index in [-0.39, 0.29) is 44.1 Å². The Hall–Kier alpha value is -2.74. The molecule has 0 saturated carbocycles. The summed E-state index contributed by atoms with van der Waals surface area (Å²) in [6, 6.07) is 8.77. The molecule has 0 aliphatic carbocycles. The van der Waals surface area contributed by atoms with Crippen LogP contribution in [0.1, 0.15) is 19.3 Å². The van der Waals surface area contributed by atoms with Crippen LogP contribution < -0.4 is 10.3 Å².